The molecule has 0 radical (unpaired) electrons. The molecule has 0 saturated carbocycles. The van der Waals surface area contributed by atoms with Crippen LogP contribution in [0.4, 0.5) is 9.59 Å². The average molecular weight is 238 g/mol. The molecule has 17 heavy (non-hydrogen) atoms. The smallest absolute Gasteiger partial charge is 0.407 e. The van der Waals surface area contributed by atoms with Gasteiger partial charge in [0.25, 0.3) is 0 Å². The molecule has 6 heteroatoms. The van der Waals surface area contributed by atoms with Crippen molar-refractivity contribution in [3.63, 3.8) is 0 Å². The minimum absolute atomic E-state index is 0.0236. The molecule has 0 bridgehead atoms. The second-order valence-electron chi connectivity index (χ2n) is 3.16. The second kappa shape index (κ2) is 7.10. The summed E-state index contributed by atoms with van der Waals surface area (Å²) < 4.78 is 9.34. The standard InChI is InChI=1S/C11H14N2O4/c12-10(14)16-7-6-13-11(15)17-8-9-4-2-1-3-5-9/h1-5H,6-8H2,(H2,12,14)(H,13,15). The van der Waals surface area contributed by atoms with Crippen molar-refractivity contribution in [2.75, 3.05) is 13.2 Å². The minimum Gasteiger partial charge on any atom is -0.448 e. The Morgan fingerprint density at radius 1 is 1.18 bits per heavy atom. The van der Waals surface area contributed by atoms with Crippen LogP contribution in [0.15, 0.2) is 30.3 Å². The Bertz CT molecular complexity index is 367. The number of nitrogens with two attached hydrogens (primary N) is 1. The van der Waals surface area contributed by atoms with Gasteiger partial charge in [0.1, 0.15) is 13.2 Å². The minimum atomic E-state index is -0.871. The summed E-state index contributed by atoms with van der Waals surface area (Å²) in [4.78, 5) is 21.4. The van der Waals surface area contributed by atoms with Gasteiger partial charge in [-0.2, -0.15) is 0 Å². The maximum absolute atomic E-state index is 11.2. The molecule has 0 atom stereocenters. The van der Waals surface area contributed by atoms with Crippen LogP contribution in [0, 0.1) is 0 Å². The normalized spacial score (nSPS) is 9.41. The van der Waals surface area contributed by atoms with Gasteiger partial charge < -0.3 is 20.5 Å². The maximum Gasteiger partial charge on any atom is 0.407 e. The molecule has 2 amide bonds. The van der Waals surface area contributed by atoms with Gasteiger partial charge in [-0.15, -0.1) is 0 Å². The number of alkyl carbamates (subject to hydrolysis) is 1. The lowest BCUT2D eigenvalue weighted by Gasteiger charge is -2.06. The van der Waals surface area contributed by atoms with Crippen molar-refractivity contribution in [1.82, 2.24) is 5.32 Å². The largest absolute Gasteiger partial charge is 0.448 e. The molecule has 3 N–H and O–H groups in total. The van der Waals surface area contributed by atoms with Gasteiger partial charge in [0.15, 0.2) is 0 Å². The molecule has 0 aliphatic carbocycles. The second-order valence-corrected chi connectivity index (χ2v) is 3.16. The van der Waals surface area contributed by atoms with Crippen molar-refractivity contribution in [1.29, 1.82) is 0 Å². The van der Waals surface area contributed by atoms with Crippen molar-refractivity contribution in [3.05, 3.63) is 35.9 Å². The molecular weight excluding hydrogens is 224 g/mol. The molecule has 92 valence electrons. The van der Waals surface area contributed by atoms with Crippen molar-refractivity contribution < 1.29 is 19.1 Å². The first-order valence-corrected chi connectivity index (χ1v) is 5.05. The Kier molecular flexibility index (Phi) is 5.36. The van der Waals surface area contributed by atoms with Gasteiger partial charge in [0, 0.05) is 0 Å². The van der Waals surface area contributed by atoms with Gasteiger partial charge in [0.05, 0.1) is 6.54 Å². The van der Waals surface area contributed by atoms with E-state index in [9.17, 15) is 9.59 Å². The third kappa shape index (κ3) is 6.03. The molecule has 0 unspecified atom stereocenters. The van der Waals surface area contributed by atoms with E-state index in [4.69, 9.17) is 10.5 Å². The average Bonchev–Trinajstić information content (AvgIpc) is 2.33. The first-order chi connectivity index (χ1) is 8.18. The molecule has 1 aromatic carbocycles. The van der Waals surface area contributed by atoms with E-state index in [0.717, 1.165) is 5.56 Å². The Balaban J connectivity index is 2.11. The number of primary amides is 1. The summed E-state index contributed by atoms with van der Waals surface area (Å²) in [5, 5.41) is 2.41. The lowest BCUT2D eigenvalue weighted by Crippen LogP contribution is -2.29. The Labute approximate surface area is 98.7 Å². The fraction of sp³-hybridized carbons (Fsp3) is 0.273. The van der Waals surface area contributed by atoms with E-state index in [1.54, 1.807) is 0 Å². The number of rotatable bonds is 5. The lowest BCUT2D eigenvalue weighted by atomic mass is 10.2. The third-order valence-corrected chi connectivity index (χ3v) is 1.83. The zero-order valence-corrected chi connectivity index (χ0v) is 9.22. The first-order valence-electron chi connectivity index (χ1n) is 5.05. The zero-order valence-electron chi connectivity index (χ0n) is 9.22. The topological polar surface area (TPSA) is 90.7 Å². The van der Waals surface area contributed by atoms with Crippen LogP contribution in [0.5, 0.6) is 0 Å². The van der Waals surface area contributed by atoms with E-state index in [1.807, 2.05) is 30.3 Å². The molecule has 0 aliphatic heterocycles. The fourth-order valence-corrected chi connectivity index (χ4v) is 1.08. The van der Waals surface area contributed by atoms with Gasteiger partial charge in [0.2, 0.25) is 0 Å². The number of carbonyl (C=O) groups excluding carboxylic acids is 2. The van der Waals surface area contributed by atoms with Gasteiger partial charge in [-0.05, 0) is 5.56 Å². The molecule has 1 aromatic rings. The zero-order chi connectivity index (χ0) is 12.5. The number of hydrogen-bond donors (Lipinski definition) is 2. The number of hydrogen-bond acceptors (Lipinski definition) is 4. The molecule has 0 aliphatic rings. The Morgan fingerprint density at radius 3 is 2.53 bits per heavy atom. The van der Waals surface area contributed by atoms with Crippen LogP contribution in [0.2, 0.25) is 0 Å². The number of ether oxygens (including phenoxy) is 2. The predicted molar refractivity (Wildman–Crippen MR) is 60.2 cm³/mol. The van der Waals surface area contributed by atoms with E-state index < -0.39 is 12.2 Å². The molecule has 6 nitrogen and oxygen atoms in total. The number of benzene rings is 1. The lowest BCUT2D eigenvalue weighted by molar-refractivity contribution is 0.131. The highest BCUT2D eigenvalue weighted by Gasteiger charge is 2.02. The summed E-state index contributed by atoms with van der Waals surface area (Å²) in [7, 11) is 0. The monoisotopic (exact) mass is 238 g/mol. The van der Waals surface area contributed by atoms with Crippen molar-refractivity contribution >= 4 is 12.2 Å². The van der Waals surface area contributed by atoms with Gasteiger partial charge in [-0.3, -0.25) is 0 Å². The van der Waals surface area contributed by atoms with Crippen LogP contribution in [-0.2, 0) is 16.1 Å². The van der Waals surface area contributed by atoms with Crippen molar-refractivity contribution in [2.24, 2.45) is 5.73 Å². The van der Waals surface area contributed by atoms with Crippen LogP contribution < -0.4 is 11.1 Å². The molecular formula is C11H14N2O4. The van der Waals surface area contributed by atoms with Crippen LogP contribution in [0.25, 0.3) is 0 Å². The van der Waals surface area contributed by atoms with Gasteiger partial charge in [-0.1, -0.05) is 30.3 Å². The number of amides is 2. The molecule has 0 heterocycles. The van der Waals surface area contributed by atoms with E-state index in [0.29, 0.717) is 0 Å². The number of carbonyl (C=O) groups is 2. The molecule has 1 rings (SSSR count). The fourth-order valence-electron chi connectivity index (χ4n) is 1.08. The Morgan fingerprint density at radius 2 is 1.88 bits per heavy atom. The van der Waals surface area contributed by atoms with Crippen molar-refractivity contribution in [3.8, 4) is 0 Å². The highest BCUT2D eigenvalue weighted by molar-refractivity contribution is 5.67. The van der Waals surface area contributed by atoms with Crippen LogP contribution in [0.1, 0.15) is 5.56 Å². The molecule has 0 aromatic heterocycles. The van der Waals surface area contributed by atoms with Crippen LogP contribution in [0.3, 0.4) is 0 Å². The molecule has 0 fully saturated rings. The summed E-state index contributed by atoms with van der Waals surface area (Å²) in [6, 6.07) is 9.30. The van der Waals surface area contributed by atoms with Crippen molar-refractivity contribution in [2.45, 2.75) is 6.61 Å². The van der Waals surface area contributed by atoms with E-state index in [-0.39, 0.29) is 19.8 Å². The Hall–Kier alpha value is -2.24. The maximum atomic E-state index is 11.2. The summed E-state index contributed by atoms with van der Waals surface area (Å²) in [6.45, 7) is 0.385. The highest BCUT2D eigenvalue weighted by atomic mass is 16.6. The van der Waals surface area contributed by atoms with Gasteiger partial charge in [-0.25, -0.2) is 9.59 Å². The SMILES string of the molecule is NC(=O)OCCNC(=O)OCc1ccccc1. The number of nitrogens with one attached hydrogen (secondary N) is 1. The van der Waals surface area contributed by atoms with E-state index >= 15 is 0 Å². The predicted octanol–water partition coefficient (Wildman–Crippen LogP) is 1.01. The van der Waals surface area contributed by atoms with Gasteiger partial charge >= 0.3 is 12.2 Å². The summed E-state index contributed by atoms with van der Waals surface area (Å²) in [6.07, 6.45) is -1.44. The molecule has 0 spiro atoms. The first kappa shape index (κ1) is 12.8. The van der Waals surface area contributed by atoms with Crippen LogP contribution >= 0.6 is 0 Å². The molecule has 0 saturated heterocycles. The summed E-state index contributed by atoms with van der Waals surface area (Å²) in [5.41, 5.74) is 5.64. The highest BCUT2D eigenvalue weighted by Crippen LogP contribution is 2.00. The van der Waals surface area contributed by atoms with Crippen LogP contribution in [-0.4, -0.2) is 25.3 Å². The van der Waals surface area contributed by atoms with E-state index in [2.05, 4.69) is 10.1 Å². The summed E-state index contributed by atoms with van der Waals surface area (Å²) >= 11 is 0. The summed E-state index contributed by atoms with van der Waals surface area (Å²) in [5.74, 6) is 0. The quantitative estimate of drug-likeness (QED) is 0.749. The third-order valence-electron chi connectivity index (χ3n) is 1.83. The van der Waals surface area contributed by atoms with E-state index in [1.165, 1.54) is 0 Å².